The molecule has 138 valence electrons. The normalized spacial score (nSPS) is 10.6. The molecule has 0 saturated carbocycles. The van der Waals surface area contributed by atoms with E-state index < -0.39 is 11.2 Å². The Morgan fingerprint density at radius 1 is 1.04 bits per heavy atom. The molecular weight excluding hydrogens is 409 g/mol. The van der Waals surface area contributed by atoms with Crippen molar-refractivity contribution >= 4 is 46.7 Å². The van der Waals surface area contributed by atoms with Crippen LogP contribution in [-0.2, 0) is 4.79 Å². The van der Waals surface area contributed by atoms with Gasteiger partial charge in [-0.3, -0.25) is 14.6 Å². The second kappa shape index (κ2) is 8.47. The van der Waals surface area contributed by atoms with Crippen LogP contribution in [0.1, 0.15) is 0 Å². The van der Waals surface area contributed by atoms with Gasteiger partial charge in [0.2, 0.25) is 5.91 Å². The maximum Gasteiger partial charge on any atom is 0.334 e. The zero-order valence-electron chi connectivity index (χ0n) is 13.7. The van der Waals surface area contributed by atoms with Gasteiger partial charge in [-0.1, -0.05) is 29.3 Å². The Kier molecular flexibility index (Phi) is 6.05. The zero-order chi connectivity index (χ0) is 19.4. The van der Waals surface area contributed by atoms with Crippen molar-refractivity contribution in [3.8, 4) is 5.69 Å². The van der Waals surface area contributed by atoms with Crippen LogP contribution in [0.15, 0.2) is 69.1 Å². The van der Waals surface area contributed by atoms with Crippen molar-refractivity contribution < 1.29 is 4.79 Å². The summed E-state index contributed by atoms with van der Waals surface area (Å²) in [5.41, 5.74) is -0.867. The van der Waals surface area contributed by atoms with Gasteiger partial charge in [-0.2, -0.15) is 0 Å². The maximum absolute atomic E-state index is 12.3. The predicted octanol–water partition coefficient (Wildman–Crippen LogP) is 3.56. The van der Waals surface area contributed by atoms with Crippen molar-refractivity contribution in [2.45, 2.75) is 4.90 Å². The van der Waals surface area contributed by atoms with E-state index in [0.717, 1.165) is 11.0 Å². The minimum atomic E-state index is -0.676. The van der Waals surface area contributed by atoms with Crippen molar-refractivity contribution in [1.82, 2.24) is 9.55 Å². The number of benzene rings is 2. The van der Waals surface area contributed by atoms with Gasteiger partial charge in [0.25, 0.3) is 5.56 Å². The summed E-state index contributed by atoms with van der Waals surface area (Å²) in [6.45, 7) is 0. The lowest BCUT2D eigenvalue weighted by atomic mass is 10.3. The molecule has 27 heavy (non-hydrogen) atoms. The van der Waals surface area contributed by atoms with E-state index in [4.69, 9.17) is 23.2 Å². The van der Waals surface area contributed by atoms with E-state index in [-0.39, 0.29) is 17.5 Å². The number of halogens is 2. The summed E-state index contributed by atoms with van der Waals surface area (Å²) >= 11 is 13.1. The lowest BCUT2D eigenvalue weighted by Gasteiger charge is -2.13. The van der Waals surface area contributed by atoms with E-state index in [2.05, 4.69) is 10.3 Å². The third-order valence-electron chi connectivity index (χ3n) is 3.46. The molecule has 3 rings (SSSR count). The van der Waals surface area contributed by atoms with Gasteiger partial charge in [0.05, 0.1) is 11.4 Å². The van der Waals surface area contributed by atoms with E-state index in [9.17, 15) is 14.4 Å². The van der Waals surface area contributed by atoms with Crippen molar-refractivity contribution in [3.05, 3.63) is 85.5 Å². The van der Waals surface area contributed by atoms with E-state index in [1.807, 2.05) is 0 Å². The number of aromatic amines is 1. The molecule has 1 amide bonds. The molecule has 3 aromatic rings. The molecule has 1 heterocycles. The van der Waals surface area contributed by atoms with Crippen LogP contribution in [0.25, 0.3) is 5.69 Å². The average Bonchev–Trinajstić information content (AvgIpc) is 2.61. The van der Waals surface area contributed by atoms with Gasteiger partial charge in [-0.25, -0.2) is 9.36 Å². The highest BCUT2D eigenvalue weighted by Gasteiger charge is 2.12. The molecule has 0 spiro atoms. The van der Waals surface area contributed by atoms with Gasteiger partial charge >= 0.3 is 5.69 Å². The molecule has 0 bridgehead atoms. The Morgan fingerprint density at radius 3 is 2.48 bits per heavy atom. The first kappa shape index (κ1) is 19.3. The number of hydrogen-bond acceptors (Lipinski definition) is 4. The van der Waals surface area contributed by atoms with Crippen LogP contribution in [0.3, 0.4) is 0 Å². The van der Waals surface area contributed by atoms with Crippen LogP contribution < -0.4 is 16.6 Å². The minimum absolute atomic E-state index is 0.0627. The van der Waals surface area contributed by atoms with Gasteiger partial charge in [0.1, 0.15) is 5.82 Å². The van der Waals surface area contributed by atoms with Gasteiger partial charge < -0.3 is 5.32 Å². The zero-order valence-corrected chi connectivity index (χ0v) is 16.1. The van der Waals surface area contributed by atoms with Crippen LogP contribution >= 0.6 is 35.0 Å². The molecule has 0 aliphatic carbocycles. The van der Waals surface area contributed by atoms with Gasteiger partial charge in [-0.15, -0.1) is 11.8 Å². The first-order valence-corrected chi connectivity index (χ1v) is 9.47. The van der Waals surface area contributed by atoms with E-state index >= 15 is 0 Å². The minimum Gasteiger partial charge on any atom is -0.311 e. The fourth-order valence-corrected chi connectivity index (χ4v) is 3.33. The molecule has 6 nitrogen and oxygen atoms in total. The molecule has 2 N–H and O–H groups in total. The molecule has 0 aliphatic heterocycles. The number of anilines is 1. The lowest BCUT2D eigenvalue weighted by molar-refractivity contribution is -0.113. The molecule has 0 aliphatic rings. The highest BCUT2D eigenvalue weighted by molar-refractivity contribution is 8.00. The molecule has 0 saturated heterocycles. The standard InChI is InChI=1S/C18H13Cl2N3O3S/c19-11-4-6-14(7-5-11)27-10-17(25)21-15-9-16(24)22-18(26)23(15)13-3-1-2-12(20)8-13/h1-9H,10H2,(H,21,25)(H,22,24,26). The van der Waals surface area contributed by atoms with Crippen LogP contribution in [0.2, 0.25) is 10.0 Å². The second-order valence-corrected chi connectivity index (χ2v) is 7.35. The van der Waals surface area contributed by atoms with Crippen molar-refractivity contribution in [2.75, 3.05) is 11.1 Å². The van der Waals surface area contributed by atoms with Crippen LogP contribution in [0.5, 0.6) is 0 Å². The highest BCUT2D eigenvalue weighted by Crippen LogP contribution is 2.21. The Bertz CT molecular complexity index is 1090. The number of amides is 1. The summed E-state index contributed by atoms with van der Waals surface area (Å²) in [6.07, 6.45) is 0. The summed E-state index contributed by atoms with van der Waals surface area (Å²) in [6, 6.07) is 14.7. The molecule has 0 fully saturated rings. The topological polar surface area (TPSA) is 84.0 Å². The Balaban J connectivity index is 1.83. The number of nitrogens with zero attached hydrogens (tertiary/aromatic N) is 1. The SMILES string of the molecule is O=C(CSc1ccc(Cl)cc1)Nc1cc(=O)[nH]c(=O)n1-c1cccc(Cl)c1. The fourth-order valence-electron chi connectivity index (χ4n) is 2.32. The molecular formula is C18H13Cl2N3O3S. The van der Waals surface area contributed by atoms with Gasteiger partial charge in [0.15, 0.2) is 0 Å². The first-order chi connectivity index (χ1) is 12.9. The average molecular weight is 422 g/mol. The van der Waals surface area contributed by atoms with Gasteiger partial charge in [0, 0.05) is 21.0 Å². The number of carbonyl (C=O) groups excluding carboxylic acids is 1. The monoisotopic (exact) mass is 421 g/mol. The second-order valence-electron chi connectivity index (χ2n) is 5.43. The third-order valence-corrected chi connectivity index (χ3v) is 4.96. The van der Waals surface area contributed by atoms with Crippen LogP contribution in [0, 0.1) is 0 Å². The molecule has 0 radical (unpaired) electrons. The Hall–Kier alpha value is -2.48. The quantitative estimate of drug-likeness (QED) is 0.616. The van der Waals surface area contributed by atoms with Crippen molar-refractivity contribution in [2.24, 2.45) is 0 Å². The number of thioether (sulfide) groups is 1. The Labute approximate surface area is 168 Å². The number of hydrogen-bond donors (Lipinski definition) is 2. The number of nitrogens with one attached hydrogen (secondary N) is 2. The van der Waals surface area contributed by atoms with Crippen molar-refractivity contribution in [1.29, 1.82) is 0 Å². The van der Waals surface area contributed by atoms with E-state index in [1.54, 1.807) is 48.5 Å². The fraction of sp³-hybridized carbons (Fsp3) is 0.0556. The van der Waals surface area contributed by atoms with Crippen molar-refractivity contribution in [3.63, 3.8) is 0 Å². The summed E-state index contributed by atoms with van der Waals surface area (Å²) in [4.78, 5) is 39.3. The number of rotatable bonds is 5. The molecule has 9 heteroatoms. The van der Waals surface area contributed by atoms with Crippen LogP contribution in [-0.4, -0.2) is 21.2 Å². The summed E-state index contributed by atoms with van der Waals surface area (Å²) in [7, 11) is 0. The summed E-state index contributed by atoms with van der Waals surface area (Å²) < 4.78 is 1.18. The maximum atomic E-state index is 12.3. The third kappa shape index (κ3) is 5.03. The van der Waals surface area contributed by atoms with Crippen LogP contribution in [0.4, 0.5) is 5.82 Å². The molecule has 2 aromatic carbocycles. The largest absolute Gasteiger partial charge is 0.334 e. The first-order valence-electron chi connectivity index (χ1n) is 7.73. The number of H-pyrrole nitrogens is 1. The Morgan fingerprint density at radius 2 is 1.78 bits per heavy atom. The smallest absolute Gasteiger partial charge is 0.311 e. The molecule has 1 aromatic heterocycles. The summed E-state index contributed by atoms with van der Waals surface area (Å²) in [5.74, 6) is -0.207. The molecule has 0 unspecified atom stereocenters. The van der Waals surface area contributed by atoms with Gasteiger partial charge in [-0.05, 0) is 42.5 Å². The van der Waals surface area contributed by atoms with E-state index in [1.165, 1.54) is 16.3 Å². The summed E-state index contributed by atoms with van der Waals surface area (Å²) in [5, 5.41) is 3.63. The molecule has 0 atom stereocenters. The van der Waals surface area contributed by atoms with E-state index in [0.29, 0.717) is 15.7 Å². The number of aromatic nitrogens is 2. The highest BCUT2D eigenvalue weighted by atomic mass is 35.5. The lowest BCUT2D eigenvalue weighted by Crippen LogP contribution is -2.32. The predicted molar refractivity (Wildman–Crippen MR) is 108 cm³/mol. The number of carbonyl (C=O) groups is 1.